The summed E-state index contributed by atoms with van der Waals surface area (Å²) in [5, 5.41) is 10.8. The van der Waals surface area contributed by atoms with Gasteiger partial charge in [-0.15, -0.1) is 0 Å². The molecule has 1 N–H and O–H groups in total. The molecule has 0 atom stereocenters. The average molecular weight is 301 g/mol. The number of halogens is 2. The lowest BCUT2D eigenvalue weighted by Gasteiger charge is -2.06. The van der Waals surface area contributed by atoms with Crippen LogP contribution in [0.1, 0.15) is 6.42 Å². The Labute approximate surface area is 107 Å². The van der Waals surface area contributed by atoms with Crippen LogP contribution >= 0.6 is 15.9 Å². The van der Waals surface area contributed by atoms with Crippen LogP contribution in [0.25, 0.3) is 0 Å². The van der Waals surface area contributed by atoms with Crippen LogP contribution in [0.2, 0.25) is 0 Å². The second-order valence-electron chi connectivity index (χ2n) is 3.15. The fourth-order valence-electron chi connectivity index (χ4n) is 1.07. The molecule has 17 heavy (non-hydrogen) atoms. The van der Waals surface area contributed by atoms with Gasteiger partial charge in [-0.25, -0.2) is 4.39 Å². The Balaban J connectivity index is 2.39. The minimum Gasteiger partial charge on any atom is -0.484 e. The van der Waals surface area contributed by atoms with Crippen molar-refractivity contribution in [2.75, 3.05) is 13.2 Å². The summed E-state index contributed by atoms with van der Waals surface area (Å²) >= 11 is 3.11. The van der Waals surface area contributed by atoms with E-state index in [1.807, 2.05) is 6.07 Å². The predicted octanol–water partition coefficient (Wildman–Crippen LogP) is 2.00. The number of nitrogens with one attached hydrogen (secondary N) is 1. The number of benzene rings is 1. The zero-order valence-electron chi connectivity index (χ0n) is 8.87. The van der Waals surface area contributed by atoms with Gasteiger partial charge >= 0.3 is 0 Å². The fraction of sp³-hybridized carbons (Fsp3) is 0.273. The lowest BCUT2D eigenvalue weighted by Crippen LogP contribution is -2.29. The number of hydrogen-bond donors (Lipinski definition) is 1. The molecule has 0 aliphatic carbocycles. The number of nitriles is 1. The van der Waals surface area contributed by atoms with E-state index in [0.29, 0.717) is 4.47 Å². The fourth-order valence-corrected chi connectivity index (χ4v) is 1.51. The molecule has 0 spiro atoms. The minimum atomic E-state index is -0.445. The second-order valence-corrected chi connectivity index (χ2v) is 4.07. The van der Waals surface area contributed by atoms with Crippen molar-refractivity contribution < 1.29 is 13.9 Å². The highest BCUT2D eigenvalue weighted by Crippen LogP contribution is 2.20. The molecule has 0 saturated heterocycles. The van der Waals surface area contributed by atoms with Gasteiger partial charge < -0.3 is 10.1 Å². The van der Waals surface area contributed by atoms with Crippen molar-refractivity contribution in [2.24, 2.45) is 0 Å². The van der Waals surface area contributed by atoms with Gasteiger partial charge in [-0.05, 0) is 12.1 Å². The Bertz CT molecular complexity index is 425. The minimum absolute atomic E-state index is 0.207. The molecule has 0 aliphatic rings. The Morgan fingerprint density at radius 2 is 2.29 bits per heavy atom. The highest BCUT2D eigenvalue weighted by molar-refractivity contribution is 9.10. The molecule has 4 nitrogen and oxygen atoms in total. The smallest absolute Gasteiger partial charge is 0.257 e. The van der Waals surface area contributed by atoms with E-state index < -0.39 is 5.82 Å². The quantitative estimate of drug-likeness (QED) is 0.846. The normalized spacial score (nSPS) is 9.47. The molecule has 1 rings (SSSR count). The molecule has 1 aromatic rings. The Morgan fingerprint density at radius 3 is 2.94 bits per heavy atom. The molecule has 0 fully saturated rings. The third kappa shape index (κ3) is 5.31. The van der Waals surface area contributed by atoms with Gasteiger partial charge in [-0.1, -0.05) is 15.9 Å². The Kier molecular flexibility index (Phi) is 5.43. The first kappa shape index (κ1) is 13.5. The molecular weight excluding hydrogens is 291 g/mol. The summed E-state index contributed by atoms with van der Waals surface area (Å²) in [5.74, 6) is -0.521. The second kappa shape index (κ2) is 6.86. The molecule has 0 saturated carbocycles. The van der Waals surface area contributed by atoms with E-state index in [0.717, 1.165) is 0 Å². The van der Waals surface area contributed by atoms with Crippen LogP contribution in [-0.4, -0.2) is 19.1 Å². The summed E-state index contributed by atoms with van der Waals surface area (Å²) in [7, 11) is 0. The van der Waals surface area contributed by atoms with Gasteiger partial charge in [0.1, 0.15) is 11.6 Å². The summed E-state index contributed by atoms with van der Waals surface area (Å²) in [6, 6.07) is 5.94. The number of ether oxygens (including phenoxy) is 1. The van der Waals surface area contributed by atoms with Crippen LogP contribution < -0.4 is 10.1 Å². The maximum Gasteiger partial charge on any atom is 0.257 e. The highest BCUT2D eigenvalue weighted by Gasteiger charge is 2.04. The van der Waals surface area contributed by atoms with Crippen molar-refractivity contribution in [1.82, 2.24) is 5.32 Å². The molecule has 0 radical (unpaired) electrons. The average Bonchev–Trinajstić information content (AvgIpc) is 2.25. The Hall–Kier alpha value is -1.61. The third-order valence-electron chi connectivity index (χ3n) is 1.76. The van der Waals surface area contributed by atoms with Gasteiger partial charge in [0, 0.05) is 17.1 Å². The first-order valence-corrected chi connectivity index (χ1v) is 5.63. The zero-order chi connectivity index (χ0) is 12.7. The maximum absolute atomic E-state index is 13.0. The number of rotatable bonds is 5. The van der Waals surface area contributed by atoms with E-state index in [9.17, 15) is 9.18 Å². The van der Waals surface area contributed by atoms with Gasteiger partial charge in [0.2, 0.25) is 0 Å². The van der Waals surface area contributed by atoms with E-state index in [2.05, 4.69) is 21.2 Å². The summed E-state index contributed by atoms with van der Waals surface area (Å²) in [6.45, 7) is 0.0763. The SMILES string of the molecule is N#CCCNC(=O)COc1cc(F)cc(Br)c1. The standard InChI is InChI=1S/C11H10BrFN2O2/c12-8-4-9(13)6-10(5-8)17-7-11(16)15-3-1-2-14/h4-6H,1,3,7H2,(H,15,16). The zero-order valence-corrected chi connectivity index (χ0v) is 10.5. The van der Waals surface area contributed by atoms with Crippen LogP contribution in [-0.2, 0) is 4.79 Å². The van der Waals surface area contributed by atoms with Crippen LogP contribution in [0.4, 0.5) is 4.39 Å². The maximum atomic E-state index is 13.0. The monoisotopic (exact) mass is 300 g/mol. The van der Waals surface area contributed by atoms with Crippen LogP contribution in [0.5, 0.6) is 5.75 Å². The van der Waals surface area contributed by atoms with Crippen molar-refractivity contribution in [1.29, 1.82) is 5.26 Å². The molecule has 0 aromatic heterocycles. The molecule has 6 heteroatoms. The van der Waals surface area contributed by atoms with Crippen molar-refractivity contribution in [3.05, 3.63) is 28.5 Å². The van der Waals surface area contributed by atoms with Gasteiger partial charge in [0.05, 0.1) is 12.5 Å². The molecule has 0 unspecified atom stereocenters. The van der Waals surface area contributed by atoms with E-state index >= 15 is 0 Å². The lowest BCUT2D eigenvalue weighted by atomic mass is 10.3. The molecular formula is C11H10BrFN2O2. The molecule has 0 bridgehead atoms. The third-order valence-corrected chi connectivity index (χ3v) is 2.22. The first-order valence-electron chi connectivity index (χ1n) is 4.84. The largest absolute Gasteiger partial charge is 0.484 e. The summed E-state index contributed by atoms with van der Waals surface area (Å²) in [4.78, 5) is 11.2. The number of hydrogen-bond acceptors (Lipinski definition) is 3. The van der Waals surface area contributed by atoms with Crippen LogP contribution in [0.15, 0.2) is 22.7 Å². The topological polar surface area (TPSA) is 62.1 Å². The van der Waals surface area contributed by atoms with Crippen molar-refractivity contribution in [3.63, 3.8) is 0 Å². The van der Waals surface area contributed by atoms with Crippen molar-refractivity contribution >= 4 is 21.8 Å². The van der Waals surface area contributed by atoms with E-state index in [-0.39, 0.29) is 31.2 Å². The predicted molar refractivity (Wildman–Crippen MR) is 62.8 cm³/mol. The summed E-state index contributed by atoms with van der Waals surface area (Å²) in [5.41, 5.74) is 0. The van der Waals surface area contributed by atoms with Gasteiger partial charge in [0.25, 0.3) is 5.91 Å². The van der Waals surface area contributed by atoms with Crippen molar-refractivity contribution in [2.45, 2.75) is 6.42 Å². The van der Waals surface area contributed by atoms with E-state index in [1.54, 1.807) is 6.07 Å². The van der Waals surface area contributed by atoms with Crippen molar-refractivity contribution in [3.8, 4) is 11.8 Å². The Morgan fingerprint density at radius 1 is 1.53 bits per heavy atom. The lowest BCUT2D eigenvalue weighted by molar-refractivity contribution is -0.123. The van der Waals surface area contributed by atoms with Gasteiger partial charge in [-0.3, -0.25) is 4.79 Å². The first-order chi connectivity index (χ1) is 8.11. The van der Waals surface area contributed by atoms with Gasteiger partial charge in [-0.2, -0.15) is 5.26 Å². The summed E-state index contributed by atoms with van der Waals surface area (Å²) < 4.78 is 18.6. The van der Waals surface area contributed by atoms with Gasteiger partial charge in [0.15, 0.2) is 6.61 Å². The number of carbonyl (C=O) groups excluding carboxylic acids is 1. The molecule has 0 aliphatic heterocycles. The number of amides is 1. The van der Waals surface area contributed by atoms with Crippen LogP contribution in [0.3, 0.4) is 0 Å². The van der Waals surface area contributed by atoms with E-state index in [4.69, 9.17) is 10.00 Å². The van der Waals surface area contributed by atoms with E-state index in [1.165, 1.54) is 12.1 Å². The molecule has 90 valence electrons. The molecule has 1 amide bonds. The molecule has 1 aromatic carbocycles. The summed E-state index contributed by atoms with van der Waals surface area (Å²) in [6.07, 6.45) is 0.247. The number of carbonyl (C=O) groups is 1. The van der Waals surface area contributed by atoms with Crippen LogP contribution in [0, 0.1) is 17.1 Å². The number of nitrogens with zero attached hydrogens (tertiary/aromatic N) is 1. The highest BCUT2D eigenvalue weighted by atomic mass is 79.9. The molecule has 0 heterocycles.